The number of hydrogen-bond donors (Lipinski definition) is 2. The summed E-state index contributed by atoms with van der Waals surface area (Å²) in [5, 5.41) is 15.3. The third-order valence-corrected chi connectivity index (χ3v) is 4.96. The fourth-order valence-electron chi connectivity index (χ4n) is 3.02. The molecule has 0 atom stereocenters. The van der Waals surface area contributed by atoms with Crippen molar-refractivity contribution < 1.29 is 23.8 Å². The average Bonchev–Trinajstić information content (AvgIpc) is 2.87. The maximum Gasteiger partial charge on any atom is 0.266 e. The summed E-state index contributed by atoms with van der Waals surface area (Å²) in [6.07, 6.45) is 1.35. The second-order valence-electron chi connectivity index (χ2n) is 7.07. The number of halogens is 1. The lowest BCUT2D eigenvalue weighted by Crippen LogP contribution is -2.20. The molecule has 0 unspecified atom stereocenters. The monoisotopic (exact) mass is 491 g/mol. The van der Waals surface area contributed by atoms with E-state index in [0.717, 1.165) is 0 Å². The van der Waals surface area contributed by atoms with E-state index >= 15 is 0 Å². The first-order valence-electron chi connectivity index (χ1n) is 10.4. The molecule has 9 heteroatoms. The van der Waals surface area contributed by atoms with E-state index in [2.05, 4.69) is 10.6 Å². The molecule has 0 aromatic heterocycles. The standard InChI is InChI=1S/C26H22ClN3O5/c1-33-21-10-8-20(9-11-21)29-26(32)18(15-28)13-17-14-19(27)7-12-23(17)35-16-25(31)30-22-5-3-4-6-24(22)34-2/h3-14H,16H2,1-2H3,(H,29,32)(H,30,31)/b18-13-. The van der Waals surface area contributed by atoms with Crippen molar-refractivity contribution in [2.75, 3.05) is 31.5 Å². The van der Waals surface area contributed by atoms with Crippen molar-refractivity contribution in [3.05, 3.63) is 82.9 Å². The highest BCUT2D eigenvalue weighted by Gasteiger charge is 2.14. The van der Waals surface area contributed by atoms with Crippen LogP contribution in [0.3, 0.4) is 0 Å². The van der Waals surface area contributed by atoms with Crippen LogP contribution < -0.4 is 24.8 Å². The van der Waals surface area contributed by atoms with E-state index in [4.69, 9.17) is 25.8 Å². The molecule has 0 spiro atoms. The van der Waals surface area contributed by atoms with Crippen molar-refractivity contribution in [2.24, 2.45) is 0 Å². The van der Waals surface area contributed by atoms with E-state index in [0.29, 0.717) is 33.5 Å². The van der Waals surface area contributed by atoms with Crippen LogP contribution in [0.2, 0.25) is 5.02 Å². The van der Waals surface area contributed by atoms with E-state index in [1.165, 1.54) is 26.4 Å². The van der Waals surface area contributed by atoms with Crippen molar-refractivity contribution >= 4 is 40.9 Å². The van der Waals surface area contributed by atoms with Gasteiger partial charge in [0.15, 0.2) is 6.61 Å². The van der Waals surface area contributed by atoms with Crippen LogP contribution >= 0.6 is 11.6 Å². The van der Waals surface area contributed by atoms with Gasteiger partial charge in [0.05, 0.1) is 19.9 Å². The molecule has 0 aliphatic carbocycles. The molecular formula is C26H22ClN3O5. The average molecular weight is 492 g/mol. The second kappa shape index (κ2) is 12.1. The van der Waals surface area contributed by atoms with Gasteiger partial charge in [-0.2, -0.15) is 5.26 Å². The van der Waals surface area contributed by atoms with Crippen LogP contribution in [0.15, 0.2) is 72.3 Å². The Morgan fingerprint density at radius 2 is 1.71 bits per heavy atom. The molecule has 0 saturated carbocycles. The molecule has 0 bridgehead atoms. The maximum absolute atomic E-state index is 12.6. The minimum absolute atomic E-state index is 0.175. The molecule has 2 amide bonds. The maximum atomic E-state index is 12.6. The molecule has 0 fully saturated rings. The number of nitriles is 1. The molecule has 3 aromatic carbocycles. The molecular weight excluding hydrogens is 470 g/mol. The van der Waals surface area contributed by atoms with Crippen molar-refractivity contribution in [2.45, 2.75) is 0 Å². The highest BCUT2D eigenvalue weighted by atomic mass is 35.5. The summed E-state index contributed by atoms with van der Waals surface area (Å²) in [4.78, 5) is 25.1. The molecule has 2 N–H and O–H groups in total. The number of amides is 2. The van der Waals surface area contributed by atoms with E-state index < -0.39 is 11.8 Å². The van der Waals surface area contributed by atoms with Gasteiger partial charge in [-0.3, -0.25) is 9.59 Å². The first-order chi connectivity index (χ1) is 16.9. The zero-order valence-corrected chi connectivity index (χ0v) is 19.8. The summed E-state index contributed by atoms with van der Waals surface area (Å²) in [7, 11) is 3.04. The molecule has 0 aliphatic heterocycles. The van der Waals surface area contributed by atoms with Gasteiger partial charge in [0, 0.05) is 16.3 Å². The number of benzene rings is 3. The number of anilines is 2. The molecule has 3 aromatic rings. The smallest absolute Gasteiger partial charge is 0.266 e. The lowest BCUT2D eigenvalue weighted by Gasteiger charge is -2.12. The topological polar surface area (TPSA) is 110 Å². The van der Waals surface area contributed by atoms with Crippen molar-refractivity contribution in [1.82, 2.24) is 0 Å². The predicted octanol–water partition coefficient (Wildman–Crippen LogP) is 4.92. The number of para-hydroxylation sites is 2. The summed E-state index contributed by atoms with van der Waals surface area (Å²) in [5.74, 6) is 0.385. The zero-order chi connectivity index (χ0) is 25.2. The number of hydrogen-bond acceptors (Lipinski definition) is 6. The normalized spacial score (nSPS) is 10.6. The van der Waals surface area contributed by atoms with Crippen molar-refractivity contribution in [3.63, 3.8) is 0 Å². The Balaban J connectivity index is 1.74. The Hall–Kier alpha value is -4.48. The SMILES string of the molecule is COc1ccc(NC(=O)/C(C#N)=C\c2cc(Cl)ccc2OCC(=O)Nc2ccccc2OC)cc1. The molecule has 0 radical (unpaired) electrons. The highest BCUT2D eigenvalue weighted by Crippen LogP contribution is 2.27. The van der Waals surface area contributed by atoms with E-state index in [-0.39, 0.29) is 17.9 Å². The number of methoxy groups -OCH3 is 2. The minimum Gasteiger partial charge on any atom is -0.497 e. The third kappa shape index (κ3) is 7.00. The van der Waals surface area contributed by atoms with E-state index in [9.17, 15) is 14.9 Å². The van der Waals surface area contributed by atoms with Gasteiger partial charge < -0.3 is 24.8 Å². The summed E-state index contributed by atoms with van der Waals surface area (Å²) < 4.78 is 16.0. The zero-order valence-electron chi connectivity index (χ0n) is 19.0. The van der Waals surface area contributed by atoms with Gasteiger partial charge in [0.2, 0.25) is 0 Å². The van der Waals surface area contributed by atoms with Gasteiger partial charge >= 0.3 is 0 Å². The number of nitrogens with zero attached hydrogens (tertiary/aromatic N) is 1. The molecule has 0 saturated heterocycles. The van der Waals surface area contributed by atoms with E-state index in [1.54, 1.807) is 60.7 Å². The summed E-state index contributed by atoms with van der Waals surface area (Å²) in [5.41, 5.74) is 1.18. The van der Waals surface area contributed by atoms with Crippen molar-refractivity contribution in [1.29, 1.82) is 5.26 Å². The van der Waals surface area contributed by atoms with Gasteiger partial charge in [-0.25, -0.2) is 0 Å². The lowest BCUT2D eigenvalue weighted by molar-refractivity contribution is -0.118. The number of ether oxygens (including phenoxy) is 3. The van der Waals surface area contributed by atoms with Crippen LogP contribution in [-0.2, 0) is 9.59 Å². The Bertz CT molecular complexity index is 1280. The largest absolute Gasteiger partial charge is 0.497 e. The summed E-state index contributed by atoms with van der Waals surface area (Å²) >= 11 is 6.11. The van der Waals surface area contributed by atoms with Crippen LogP contribution in [0.25, 0.3) is 6.08 Å². The first kappa shape index (κ1) is 25.1. The Morgan fingerprint density at radius 3 is 2.40 bits per heavy atom. The second-order valence-corrected chi connectivity index (χ2v) is 7.51. The Labute approximate surface area is 207 Å². The molecule has 35 heavy (non-hydrogen) atoms. The molecule has 3 rings (SSSR count). The molecule has 0 aliphatic rings. The molecule has 178 valence electrons. The fourth-order valence-corrected chi connectivity index (χ4v) is 3.20. The minimum atomic E-state index is -0.613. The third-order valence-electron chi connectivity index (χ3n) is 4.72. The Kier molecular flexibility index (Phi) is 8.70. The quantitative estimate of drug-likeness (QED) is 0.325. The Morgan fingerprint density at radius 1 is 0.971 bits per heavy atom. The van der Waals surface area contributed by atoms with Gasteiger partial charge in [0.1, 0.15) is 28.9 Å². The van der Waals surface area contributed by atoms with Gasteiger partial charge in [-0.1, -0.05) is 23.7 Å². The lowest BCUT2D eigenvalue weighted by atomic mass is 10.1. The number of carbonyl (C=O) groups is 2. The summed E-state index contributed by atoms with van der Waals surface area (Å²) in [6, 6.07) is 20.2. The van der Waals surface area contributed by atoms with Crippen LogP contribution in [0.5, 0.6) is 17.2 Å². The summed E-state index contributed by atoms with van der Waals surface area (Å²) in [6.45, 7) is -0.319. The fraction of sp³-hybridized carbons (Fsp3) is 0.115. The number of rotatable bonds is 9. The number of nitrogens with one attached hydrogen (secondary N) is 2. The van der Waals surface area contributed by atoms with Gasteiger partial charge in [-0.15, -0.1) is 0 Å². The van der Waals surface area contributed by atoms with Crippen LogP contribution in [0, 0.1) is 11.3 Å². The van der Waals surface area contributed by atoms with E-state index in [1.807, 2.05) is 6.07 Å². The number of carbonyl (C=O) groups excluding carboxylic acids is 2. The molecule has 0 heterocycles. The van der Waals surface area contributed by atoms with Crippen LogP contribution in [0.1, 0.15) is 5.56 Å². The van der Waals surface area contributed by atoms with Crippen LogP contribution in [-0.4, -0.2) is 32.6 Å². The highest BCUT2D eigenvalue weighted by molar-refractivity contribution is 6.30. The first-order valence-corrected chi connectivity index (χ1v) is 10.7. The van der Waals surface area contributed by atoms with Crippen molar-refractivity contribution in [3.8, 4) is 23.3 Å². The van der Waals surface area contributed by atoms with Gasteiger partial charge in [-0.05, 0) is 60.7 Å². The van der Waals surface area contributed by atoms with Crippen LogP contribution in [0.4, 0.5) is 11.4 Å². The van der Waals surface area contributed by atoms with Gasteiger partial charge in [0.25, 0.3) is 11.8 Å². The molecule has 8 nitrogen and oxygen atoms in total. The predicted molar refractivity (Wildman–Crippen MR) is 134 cm³/mol.